The lowest BCUT2D eigenvalue weighted by atomic mass is 9.99. The Kier molecular flexibility index (Phi) is 34.5. The molecule has 7 N–H and O–H groups in total. The smallest absolute Gasteiger partial charge is 0.416 e. The van der Waals surface area contributed by atoms with Gasteiger partial charge in [0.1, 0.15) is 51.8 Å². The van der Waals surface area contributed by atoms with Gasteiger partial charge in [-0.3, -0.25) is 4.79 Å². The van der Waals surface area contributed by atoms with E-state index in [1.54, 1.807) is 38.3 Å². The minimum Gasteiger partial charge on any atom is -0.491 e. The number of nitrogens with two attached hydrogens (primary N) is 2. The minimum atomic E-state index is -4.52. The summed E-state index contributed by atoms with van der Waals surface area (Å²) in [5.41, 5.74) is 28.7. The molecule has 0 spiro atoms. The number of carbonyl (C=O) groups excluding carboxylic acids is 3. The molecule has 0 bridgehead atoms. The number of nitrogens with one attached hydrogen (secondary N) is 3. The number of ether oxygens (including phenoxy) is 3. The molecule has 0 radical (unpaired) electrons. The van der Waals surface area contributed by atoms with Crippen LogP contribution >= 0.6 is 46.6 Å². The number of isocyanates is 1. The maximum absolute atomic E-state index is 15.3. The number of primary amides is 1. The maximum atomic E-state index is 15.3. The third-order valence-corrected chi connectivity index (χ3v) is 23.4. The largest absolute Gasteiger partial charge is 0.491 e. The van der Waals surface area contributed by atoms with Gasteiger partial charge in [-0.15, -0.1) is 0 Å². The number of hydrogen-bond donors (Lipinski definition) is 5. The van der Waals surface area contributed by atoms with E-state index in [-0.39, 0.29) is 57.1 Å². The molecule has 0 saturated carbocycles. The number of halogens is 16. The first-order valence-electron chi connectivity index (χ1n) is 43.4. The third-order valence-electron chi connectivity index (χ3n) is 21.7. The molecule has 138 heavy (non-hydrogen) atoms. The fraction of sp³-hybridized carbons (Fsp3) is 0.320. The van der Waals surface area contributed by atoms with Crippen LogP contribution in [-0.4, -0.2) is 95.1 Å². The Balaban J connectivity index is 0.000000187. The topological polar surface area (TPSA) is 291 Å². The van der Waals surface area contributed by atoms with Crippen LogP contribution in [0, 0.1) is 61.5 Å². The average molecular weight is 2010 g/mol. The molecule has 12 aromatic rings. The number of carbonyl (C=O) groups is 2. The molecule has 3 aliphatic heterocycles. The molecule has 41 heteroatoms. The van der Waals surface area contributed by atoms with Gasteiger partial charge in [-0.2, -0.15) is 60.3 Å². The van der Waals surface area contributed by atoms with Gasteiger partial charge >= 0.3 is 24.6 Å². The summed E-state index contributed by atoms with van der Waals surface area (Å²) in [7, 11) is -1.46. The van der Waals surface area contributed by atoms with E-state index >= 15 is 8.78 Å². The minimum absolute atomic E-state index is 0.00835. The quantitative estimate of drug-likeness (QED) is 0.00803. The molecule has 15 rings (SSSR count). The van der Waals surface area contributed by atoms with Crippen LogP contribution in [0.2, 0.25) is 34.7 Å². The molecule has 0 unspecified atom stereocenters. The Morgan fingerprint density at radius 2 is 0.812 bits per heavy atom. The van der Waals surface area contributed by atoms with Crippen molar-refractivity contribution in [1.82, 2.24) is 29.3 Å². The number of para-hydroxylation sites is 3. The van der Waals surface area contributed by atoms with Crippen molar-refractivity contribution in [2.75, 3.05) is 70.5 Å². The molecule has 3 amide bonds. The normalized spacial score (nSPS) is 13.1. The van der Waals surface area contributed by atoms with Crippen LogP contribution < -0.4 is 51.0 Å². The number of aryl methyl sites for hydroxylation is 3. The Morgan fingerprint density at radius 3 is 1.06 bits per heavy atom. The van der Waals surface area contributed by atoms with E-state index in [4.69, 9.17) is 81.3 Å². The number of amides is 3. The number of nitrogens with zero attached hydrogens (tertiary/aromatic N) is 13. The van der Waals surface area contributed by atoms with E-state index in [9.17, 15) is 58.3 Å². The molecule has 0 fully saturated rings. The van der Waals surface area contributed by atoms with Crippen LogP contribution in [-0.2, 0) is 67.0 Å². The highest BCUT2D eigenvalue weighted by Crippen LogP contribution is 2.47. The second-order valence-electron chi connectivity index (χ2n) is 34.9. The predicted molar refractivity (Wildman–Crippen MR) is 515 cm³/mol. The van der Waals surface area contributed by atoms with E-state index in [2.05, 4.69) is 56.0 Å². The second kappa shape index (κ2) is 45.1. The van der Waals surface area contributed by atoms with Gasteiger partial charge in [0, 0.05) is 98.8 Å². The van der Waals surface area contributed by atoms with Crippen molar-refractivity contribution in [3.63, 3.8) is 0 Å². The van der Waals surface area contributed by atoms with E-state index in [1.165, 1.54) is 61.5 Å². The summed E-state index contributed by atoms with van der Waals surface area (Å²) in [6, 6.07) is 39.7. The molecule has 730 valence electrons. The number of fused-ring (bicyclic) bond motifs is 3. The van der Waals surface area contributed by atoms with E-state index < -0.39 is 72.8 Å². The number of aromatic nitrogens is 6. The van der Waals surface area contributed by atoms with Crippen molar-refractivity contribution in [2.45, 2.75) is 146 Å². The maximum Gasteiger partial charge on any atom is 0.416 e. The SMILES string of the molecule is CC(=O)Nc1ccc(-c2c3c(nn2-c2c(C)cccc2OCC(C)C)CCN(c2ccc(C(F)(F)F)cc2Cl)C3)cc1F.C[Si](C)(C)N=C=O.Cc1cccc(OCC(C)C)c1-n1nc2c(c1-c1ccc(N)c(F)c1)CN(c1ccc(C(F)(F)F)cc1Cl)CC2.Cc1cccc(OCC(C)C)c1-n1nc2c(c1-c1ccc(NC(N)=O)c(F)c1)CN(c1ccc(C(F)(F)F)cc1Cl)CC2.N=NN=NCl. The zero-order chi connectivity index (χ0) is 101. The summed E-state index contributed by atoms with van der Waals surface area (Å²) in [6.45, 7) is 29.1. The van der Waals surface area contributed by atoms with E-state index in [0.29, 0.717) is 151 Å². The van der Waals surface area contributed by atoms with Crippen LogP contribution in [0.4, 0.5) is 91.6 Å². The first kappa shape index (κ1) is 106. The fourth-order valence-corrected chi connectivity index (χ4v) is 16.6. The first-order chi connectivity index (χ1) is 65.1. The number of urea groups is 1. The molecule has 0 saturated heterocycles. The van der Waals surface area contributed by atoms with Crippen LogP contribution in [0.15, 0.2) is 184 Å². The van der Waals surface area contributed by atoms with Crippen LogP contribution in [0.25, 0.3) is 50.8 Å². The summed E-state index contributed by atoms with van der Waals surface area (Å²) < 4.78 is 195. The van der Waals surface area contributed by atoms with Crippen molar-refractivity contribution < 1.29 is 81.3 Å². The predicted octanol–water partition coefficient (Wildman–Crippen LogP) is 26.5. The summed E-state index contributed by atoms with van der Waals surface area (Å²) in [4.78, 5) is 38.2. The Morgan fingerprint density at radius 1 is 0.493 bits per heavy atom. The monoisotopic (exact) mass is 2010 g/mol. The molecule has 24 nitrogen and oxygen atoms in total. The van der Waals surface area contributed by atoms with Crippen molar-refractivity contribution in [3.8, 4) is 68.1 Å². The molecule has 0 aliphatic carbocycles. The number of hydrogen-bond acceptors (Lipinski definition) is 16. The van der Waals surface area contributed by atoms with Crippen molar-refractivity contribution in [1.29, 1.82) is 5.53 Å². The lowest BCUT2D eigenvalue weighted by Gasteiger charge is -2.30. The summed E-state index contributed by atoms with van der Waals surface area (Å²) in [5, 5.41) is 24.7. The van der Waals surface area contributed by atoms with Gasteiger partial charge in [0.25, 0.3) is 0 Å². The van der Waals surface area contributed by atoms with Gasteiger partial charge in [0.15, 0.2) is 8.24 Å². The fourth-order valence-electron chi connectivity index (χ4n) is 15.4. The average Bonchev–Trinajstić information content (AvgIpc) is 1.60. The Labute approximate surface area is 810 Å². The summed E-state index contributed by atoms with van der Waals surface area (Å²) >= 11 is 23.6. The lowest BCUT2D eigenvalue weighted by molar-refractivity contribution is -0.138. The highest BCUT2D eigenvalue weighted by molar-refractivity contribution is 6.75. The number of anilines is 6. The molecule has 3 aliphatic rings. The van der Waals surface area contributed by atoms with Gasteiger partial charge in [0.2, 0.25) is 12.0 Å². The molecule has 9 aromatic carbocycles. The van der Waals surface area contributed by atoms with Gasteiger partial charge in [-0.05, 0) is 194 Å². The third kappa shape index (κ3) is 26.1. The number of alkyl halides is 9. The van der Waals surface area contributed by atoms with Crippen molar-refractivity contribution in [3.05, 3.63) is 263 Å². The molecule has 6 heterocycles. The van der Waals surface area contributed by atoms with E-state index in [0.717, 1.165) is 92.5 Å². The molecular formula is C97H100Cl4F12N18O6Si. The Bertz CT molecular complexity index is 6290. The first-order valence-corrected chi connectivity index (χ1v) is 48.3. The van der Waals surface area contributed by atoms with Crippen LogP contribution in [0.5, 0.6) is 17.2 Å². The van der Waals surface area contributed by atoms with Crippen molar-refractivity contribution in [2.24, 2.45) is 43.2 Å². The van der Waals surface area contributed by atoms with E-state index in [1.807, 2.05) is 137 Å². The second-order valence-corrected chi connectivity index (χ2v) is 40.8. The van der Waals surface area contributed by atoms with Gasteiger partial charge in [-0.1, -0.05) is 136 Å². The standard InChI is InChI=1S/C32H31ClF4N4O2.C31H30ClF4N5O2.C30H29ClF4N4O.C4H9NOSi.ClHN4/c1-18(2)17-43-29-7-5-6-19(3)30(29)41-31(21-8-10-27(25(34)14-21)38-20(4)42)23-16-40(13-12-26(23)39-41)28-11-9-22(15-24(28)33)32(35,36)37;1-17(2)16-43-27-6-4-5-18(3)28(27)41-29(19-7-9-25(23(33)13-19)38-30(37)42)21-15-40(12-11-24(21)39-41)26-10-8-20(14-22(26)32)31(34,35)36;1-17(2)16-40-27-6-4-5-18(3)28(27)39-29(19-7-9-24(36)23(32)13-19)21-15-38(12-11-25(21)37-39)26-10-8-20(14-22(26)31)30(33,34)35;1-7(2,3)5-4-6;1-3-5-4-2/h5-11,14-15,18H,12-13,16-17H2,1-4H3,(H,38,42);4-10,13-14,17H,11-12,15-16H2,1-3H3,(H3,37,38,42);4-10,13-14,17H,11-12,15-16,36H2,1-3H3;1-3H3;2H. The van der Waals surface area contributed by atoms with Gasteiger partial charge in [-0.25, -0.2) is 41.5 Å². The lowest BCUT2D eigenvalue weighted by Crippen LogP contribution is -2.30. The van der Waals surface area contributed by atoms with Gasteiger partial charge in [0.05, 0.1) is 132 Å². The highest BCUT2D eigenvalue weighted by atomic mass is 35.5. The molecular weight excluding hydrogens is 1910 g/mol. The molecule has 3 aromatic heterocycles. The number of benzene rings is 9. The number of rotatable bonds is 22. The summed E-state index contributed by atoms with van der Waals surface area (Å²) in [6.07, 6.45) is -10.5. The molecule has 0 atom stereocenters. The summed E-state index contributed by atoms with van der Waals surface area (Å²) in [5.74, 6) is 0.434. The zero-order valence-electron chi connectivity index (χ0n) is 77.3. The Hall–Kier alpha value is -12.9. The van der Waals surface area contributed by atoms with Crippen LogP contribution in [0.3, 0.4) is 0 Å². The number of nitrogen functional groups attached to an aromatic ring is 1. The van der Waals surface area contributed by atoms with Crippen LogP contribution in [0.1, 0.15) is 116 Å². The highest BCUT2D eigenvalue weighted by Gasteiger charge is 2.39. The van der Waals surface area contributed by atoms with Crippen molar-refractivity contribution >= 4 is 107 Å². The zero-order valence-corrected chi connectivity index (χ0v) is 81.3. The van der Waals surface area contributed by atoms with Gasteiger partial charge < -0.3 is 51.0 Å².